The minimum absolute atomic E-state index is 0.108. The molecule has 0 aliphatic rings. The average Bonchev–Trinajstić information content (AvgIpc) is 3.13. The Bertz CT molecular complexity index is 1090. The first-order valence-electron chi connectivity index (χ1n) is 10.2. The van der Waals surface area contributed by atoms with Gasteiger partial charge in [0.05, 0.1) is 12.2 Å². The Morgan fingerprint density at radius 3 is 2.32 bits per heavy atom. The zero-order chi connectivity index (χ0) is 22.4. The van der Waals surface area contributed by atoms with Crippen LogP contribution >= 0.6 is 11.8 Å². The third-order valence-electron chi connectivity index (χ3n) is 5.06. The number of nitrogens with zero attached hydrogens (tertiary/aromatic N) is 3. The molecule has 0 fully saturated rings. The molecule has 2 aromatic carbocycles. The Balaban J connectivity index is 1.60. The Hall–Kier alpha value is -3.13. The Morgan fingerprint density at radius 2 is 1.58 bits per heavy atom. The summed E-state index contributed by atoms with van der Waals surface area (Å²) < 4.78 is 1.87. The van der Waals surface area contributed by atoms with Gasteiger partial charge in [0.1, 0.15) is 5.82 Å². The van der Waals surface area contributed by atoms with E-state index < -0.39 is 0 Å². The maximum atomic E-state index is 12.5. The van der Waals surface area contributed by atoms with Gasteiger partial charge in [-0.05, 0) is 56.5 Å². The molecular formula is C23H27N5O2S. The monoisotopic (exact) mass is 437 g/mol. The van der Waals surface area contributed by atoms with Crippen LogP contribution in [0.3, 0.4) is 0 Å². The van der Waals surface area contributed by atoms with Crippen LogP contribution in [0.5, 0.6) is 0 Å². The van der Waals surface area contributed by atoms with Crippen LogP contribution in [0.25, 0.3) is 0 Å². The predicted octanol–water partition coefficient (Wildman–Crippen LogP) is 4.14. The molecule has 3 rings (SSSR count). The molecule has 31 heavy (non-hydrogen) atoms. The van der Waals surface area contributed by atoms with Gasteiger partial charge in [-0.1, -0.05) is 42.1 Å². The number of nitrogens with one attached hydrogen (secondary N) is 2. The van der Waals surface area contributed by atoms with Crippen molar-refractivity contribution in [3.8, 4) is 0 Å². The summed E-state index contributed by atoms with van der Waals surface area (Å²) in [5.74, 6) is 0.524. The number of anilines is 2. The molecule has 1 aromatic heterocycles. The van der Waals surface area contributed by atoms with Crippen molar-refractivity contribution in [3.63, 3.8) is 0 Å². The number of amides is 2. The van der Waals surface area contributed by atoms with E-state index in [2.05, 4.69) is 20.8 Å². The summed E-state index contributed by atoms with van der Waals surface area (Å²) in [4.78, 5) is 24.9. The van der Waals surface area contributed by atoms with Gasteiger partial charge in [0.2, 0.25) is 11.8 Å². The van der Waals surface area contributed by atoms with E-state index in [1.54, 1.807) is 0 Å². The number of aromatic nitrogens is 3. The Labute approximate surface area is 186 Å². The molecule has 0 aliphatic carbocycles. The van der Waals surface area contributed by atoms with Gasteiger partial charge in [-0.2, -0.15) is 0 Å². The quantitative estimate of drug-likeness (QED) is 0.517. The first kappa shape index (κ1) is 22.6. The molecule has 2 N–H and O–H groups in total. The molecule has 7 nitrogen and oxygen atoms in total. The normalized spacial score (nSPS) is 10.7. The molecule has 0 spiro atoms. The summed E-state index contributed by atoms with van der Waals surface area (Å²) in [6.45, 7) is 8.52. The van der Waals surface area contributed by atoms with Gasteiger partial charge in [0.25, 0.3) is 0 Å². The fraction of sp³-hybridized carbons (Fsp3) is 0.304. The van der Waals surface area contributed by atoms with Crippen molar-refractivity contribution in [2.75, 3.05) is 16.4 Å². The number of aryl methyl sites for hydroxylation is 2. The zero-order valence-corrected chi connectivity index (χ0v) is 19.0. The SMILES string of the molecule is CCn1c(CC(=O)Nc2ccccc2C)nnc1SCC(=O)Nc1cccc(C)c1C. The fourth-order valence-electron chi connectivity index (χ4n) is 3.13. The van der Waals surface area contributed by atoms with Crippen LogP contribution in [0.15, 0.2) is 47.6 Å². The number of para-hydroxylation sites is 1. The standard InChI is InChI=1S/C23H27N5O2S/c1-5-28-20(13-21(29)24-18-11-7-6-9-16(18)3)26-27-23(28)31-14-22(30)25-19-12-8-10-15(2)17(19)4/h6-12H,5,13-14H2,1-4H3,(H,24,29)(H,25,30). The molecule has 0 unspecified atom stereocenters. The minimum Gasteiger partial charge on any atom is -0.325 e. The number of carbonyl (C=O) groups excluding carboxylic acids is 2. The van der Waals surface area contributed by atoms with Gasteiger partial charge in [-0.3, -0.25) is 9.59 Å². The van der Waals surface area contributed by atoms with Crippen LogP contribution in [-0.2, 0) is 22.6 Å². The van der Waals surface area contributed by atoms with Crippen LogP contribution in [0, 0.1) is 20.8 Å². The largest absolute Gasteiger partial charge is 0.325 e. The number of rotatable bonds is 8. The van der Waals surface area contributed by atoms with Crippen molar-refractivity contribution in [3.05, 3.63) is 65.0 Å². The molecule has 3 aromatic rings. The van der Waals surface area contributed by atoms with Gasteiger partial charge in [0.15, 0.2) is 5.16 Å². The van der Waals surface area contributed by atoms with E-state index in [4.69, 9.17) is 0 Å². The van der Waals surface area contributed by atoms with E-state index in [9.17, 15) is 9.59 Å². The summed E-state index contributed by atoms with van der Waals surface area (Å²) in [5.41, 5.74) is 4.78. The summed E-state index contributed by atoms with van der Waals surface area (Å²) >= 11 is 1.31. The topological polar surface area (TPSA) is 88.9 Å². The van der Waals surface area contributed by atoms with E-state index in [0.29, 0.717) is 17.5 Å². The molecule has 0 aliphatic heterocycles. The Kier molecular flexibility index (Phi) is 7.46. The number of thioether (sulfide) groups is 1. The van der Waals surface area contributed by atoms with Crippen LogP contribution in [0.4, 0.5) is 11.4 Å². The highest BCUT2D eigenvalue weighted by Gasteiger charge is 2.16. The van der Waals surface area contributed by atoms with E-state index >= 15 is 0 Å². The molecule has 2 amide bonds. The lowest BCUT2D eigenvalue weighted by atomic mass is 10.1. The molecule has 1 heterocycles. The lowest BCUT2D eigenvalue weighted by Gasteiger charge is -2.11. The van der Waals surface area contributed by atoms with Gasteiger partial charge in [-0.15, -0.1) is 10.2 Å². The maximum Gasteiger partial charge on any atom is 0.234 e. The molecule has 0 saturated heterocycles. The molecule has 0 bridgehead atoms. The first-order chi connectivity index (χ1) is 14.9. The highest BCUT2D eigenvalue weighted by atomic mass is 32.2. The fourth-order valence-corrected chi connectivity index (χ4v) is 3.95. The van der Waals surface area contributed by atoms with Crippen LogP contribution < -0.4 is 10.6 Å². The number of hydrogen-bond acceptors (Lipinski definition) is 5. The number of carbonyl (C=O) groups is 2. The first-order valence-corrected chi connectivity index (χ1v) is 11.1. The summed E-state index contributed by atoms with van der Waals surface area (Å²) in [6, 6.07) is 13.5. The molecule has 8 heteroatoms. The summed E-state index contributed by atoms with van der Waals surface area (Å²) in [7, 11) is 0. The lowest BCUT2D eigenvalue weighted by Crippen LogP contribution is -2.18. The molecule has 0 atom stereocenters. The predicted molar refractivity (Wildman–Crippen MR) is 124 cm³/mol. The van der Waals surface area contributed by atoms with E-state index in [0.717, 1.165) is 28.1 Å². The zero-order valence-electron chi connectivity index (χ0n) is 18.2. The number of hydrogen-bond donors (Lipinski definition) is 2. The van der Waals surface area contributed by atoms with Crippen molar-refractivity contribution in [2.24, 2.45) is 0 Å². The van der Waals surface area contributed by atoms with Crippen LogP contribution in [0.1, 0.15) is 29.4 Å². The third-order valence-corrected chi connectivity index (χ3v) is 6.03. The molecule has 0 saturated carbocycles. The Morgan fingerprint density at radius 1 is 0.903 bits per heavy atom. The summed E-state index contributed by atoms with van der Waals surface area (Å²) in [5, 5.41) is 14.9. The number of benzene rings is 2. The molecular weight excluding hydrogens is 410 g/mol. The second-order valence-corrected chi connectivity index (χ2v) is 8.21. The second-order valence-electron chi connectivity index (χ2n) is 7.27. The van der Waals surface area contributed by atoms with Crippen LogP contribution in [0.2, 0.25) is 0 Å². The van der Waals surface area contributed by atoms with Crippen molar-refractivity contribution >= 4 is 35.0 Å². The summed E-state index contributed by atoms with van der Waals surface area (Å²) in [6.07, 6.45) is 0.115. The smallest absolute Gasteiger partial charge is 0.234 e. The second kappa shape index (κ2) is 10.3. The van der Waals surface area contributed by atoms with E-state index in [1.165, 1.54) is 11.8 Å². The van der Waals surface area contributed by atoms with Gasteiger partial charge < -0.3 is 15.2 Å². The molecule has 0 radical (unpaired) electrons. The van der Waals surface area contributed by atoms with Crippen LogP contribution in [-0.4, -0.2) is 32.3 Å². The van der Waals surface area contributed by atoms with Crippen molar-refractivity contribution < 1.29 is 9.59 Å². The average molecular weight is 438 g/mol. The van der Waals surface area contributed by atoms with E-state index in [-0.39, 0.29) is 24.0 Å². The highest BCUT2D eigenvalue weighted by molar-refractivity contribution is 7.99. The minimum atomic E-state index is -0.152. The van der Waals surface area contributed by atoms with E-state index in [1.807, 2.05) is 74.7 Å². The lowest BCUT2D eigenvalue weighted by molar-refractivity contribution is -0.116. The van der Waals surface area contributed by atoms with Gasteiger partial charge in [0, 0.05) is 17.9 Å². The third kappa shape index (κ3) is 5.73. The van der Waals surface area contributed by atoms with Gasteiger partial charge >= 0.3 is 0 Å². The van der Waals surface area contributed by atoms with Crippen molar-refractivity contribution in [2.45, 2.75) is 45.8 Å². The highest BCUT2D eigenvalue weighted by Crippen LogP contribution is 2.21. The van der Waals surface area contributed by atoms with Gasteiger partial charge in [-0.25, -0.2) is 0 Å². The van der Waals surface area contributed by atoms with Crippen molar-refractivity contribution in [1.82, 2.24) is 14.8 Å². The molecule has 162 valence electrons. The van der Waals surface area contributed by atoms with Crippen molar-refractivity contribution in [1.29, 1.82) is 0 Å². The maximum absolute atomic E-state index is 12.5.